The number of ether oxygens (including phenoxy) is 1. The van der Waals surface area contributed by atoms with E-state index in [-0.39, 0.29) is 0 Å². The summed E-state index contributed by atoms with van der Waals surface area (Å²) >= 11 is 1.85. The first-order chi connectivity index (χ1) is 9.81. The van der Waals surface area contributed by atoms with Crippen LogP contribution in [-0.2, 0) is 18.6 Å². The van der Waals surface area contributed by atoms with E-state index in [2.05, 4.69) is 26.7 Å². The van der Waals surface area contributed by atoms with E-state index in [1.807, 2.05) is 37.1 Å². The summed E-state index contributed by atoms with van der Waals surface area (Å²) in [5, 5.41) is 1.17. The third-order valence-electron chi connectivity index (χ3n) is 3.55. The van der Waals surface area contributed by atoms with Gasteiger partial charge in [0, 0.05) is 41.2 Å². The summed E-state index contributed by atoms with van der Waals surface area (Å²) in [7, 11) is 2.04. The molecule has 0 aliphatic carbocycles. The normalized spacial score (nSPS) is 13.7. The molecule has 0 N–H and O–H groups in total. The Morgan fingerprint density at radius 1 is 1.20 bits per heavy atom. The van der Waals surface area contributed by atoms with Crippen LogP contribution in [-0.4, -0.2) is 14.5 Å². The van der Waals surface area contributed by atoms with E-state index < -0.39 is 0 Å². The van der Waals surface area contributed by atoms with E-state index in [1.165, 1.54) is 10.9 Å². The second-order valence-corrected chi connectivity index (χ2v) is 5.83. The number of aryl methyl sites for hydroxylation is 1. The van der Waals surface area contributed by atoms with Gasteiger partial charge in [0.05, 0.1) is 5.69 Å². The molecule has 0 atom stereocenters. The molecule has 1 aliphatic rings. The van der Waals surface area contributed by atoms with Gasteiger partial charge in [0.15, 0.2) is 0 Å². The Balaban J connectivity index is 1.72. The Morgan fingerprint density at radius 3 is 3.10 bits per heavy atom. The fraction of sp³-hybridized carbons (Fsp3) is 0.200. The molecule has 1 aliphatic heterocycles. The molecular weight excluding hydrogens is 270 g/mol. The fourth-order valence-corrected chi connectivity index (χ4v) is 3.51. The number of rotatable bonds is 2. The van der Waals surface area contributed by atoms with Gasteiger partial charge in [-0.25, -0.2) is 9.97 Å². The zero-order chi connectivity index (χ0) is 13.5. The number of fused-ring (bicyclic) bond motifs is 2. The minimum Gasteiger partial charge on any atom is -0.439 e. The molecule has 3 aromatic rings. The van der Waals surface area contributed by atoms with E-state index in [9.17, 15) is 0 Å². The summed E-state index contributed by atoms with van der Waals surface area (Å²) < 4.78 is 8.06. The molecule has 3 heterocycles. The van der Waals surface area contributed by atoms with Crippen LogP contribution in [0.1, 0.15) is 11.3 Å². The highest BCUT2D eigenvalue weighted by molar-refractivity contribution is 7.98. The Morgan fingerprint density at radius 2 is 2.15 bits per heavy atom. The van der Waals surface area contributed by atoms with Gasteiger partial charge < -0.3 is 9.30 Å². The third-order valence-corrected chi connectivity index (χ3v) is 4.52. The average Bonchev–Trinajstić information content (AvgIpc) is 3.07. The Hall–Kier alpha value is -2.01. The van der Waals surface area contributed by atoms with E-state index in [0.717, 1.165) is 28.5 Å². The lowest BCUT2D eigenvalue weighted by Crippen LogP contribution is -1.96. The van der Waals surface area contributed by atoms with Crippen LogP contribution in [0.2, 0.25) is 0 Å². The first-order valence-electron chi connectivity index (χ1n) is 6.45. The maximum atomic E-state index is 5.96. The highest BCUT2D eigenvalue weighted by atomic mass is 32.2. The first kappa shape index (κ1) is 11.8. The van der Waals surface area contributed by atoms with Crippen molar-refractivity contribution in [3.63, 3.8) is 0 Å². The highest BCUT2D eigenvalue weighted by Gasteiger charge is 2.19. The third kappa shape index (κ3) is 1.86. The number of thioether (sulfide) groups is 1. The lowest BCUT2D eigenvalue weighted by Gasteiger charge is -2.08. The molecule has 0 fully saturated rings. The minimum atomic E-state index is 0.690. The first-order valence-corrected chi connectivity index (χ1v) is 7.60. The number of benzene rings is 1. The van der Waals surface area contributed by atoms with Gasteiger partial charge >= 0.3 is 0 Å². The van der Waals surface area contributed by atoms with Crippen molar-refractivity contribution in [1.82, 2.24) is 14.5 Å². The van der Waals surface area contributed by atoms with E-state index >= 15 is 0 Å². The van der Waals surface area contributed by atoms with Crippen LogP contribution in [0.15, 0.2) is 36.8 Å². The zero-order valence-electron chi connectivity index (χ0n) is 11.0. The molecule has 4 rings (SSSR count). The SMILES string of the molecule is Cn1ccc2cc(Oc3ncnc4c3CSC4)ccc21. The van der Waals surface area contributed by atoms with Crippen LogP contribution in [0.25, 0.3) is 10.9 Å². The largest absolute Gasteiger partial charge is 0.439 e. The Kier molecular flexibility index (Phi) is 2.67. The molecule has 0 bridgehead atoms. The number of aromatic nitrogens is 3. The van der Waals surface area contributed by atoms with Gasteiger partial charge in [0.25, 0.3) is 0 Å². The standard InChI is InChI=1S/C15H13N3OS/c1-18-5-4-10-6-11(2-3-14(10)18)19-15-12-7-20-8-13(12)16-9-17-15/h2-6,9H,7-8H2,1H3. The number of hydrogen-bond donors (Lipinski definition) is 0. The molecule has 0 unspecified atom stereocenters. The monoisotopic (exact) mass is 283 g/mol. The summed E-state index contributed by atoms with van der Waals surface area (Å²) in [4.78, 5) is 8.58. The van der Waals surface area contributed by atoms with Gasteiger partial charge in [-0.15, -0.1) is 0 Å². The molecule has 0 radical (unpaired) electrons. The second kappa shape index (κ2) is 4.52. The van der Waals surface area contributed by atoms with Crippen molar-refractivity contribution in [2.24, 2.45) is 7.05 Å². The smallest absolute Gasteiger partial charge is 0.226 e. The summed E-state index contributed by atoms with van der Waals surface area (Å²) in [5.74, 6) is 3.39. The molecule has 1 aromatic carbocycles. The quantitative estimate of drug-likeness (QED) is 0.721. The van der Waals surface area contributed by atoms with E-state index in [1.54, 1.807) is 6.33 Å². The maximum Gasteiger partial charge on any atom is 0.226 e. The van der Waals surface area contributed by atoms with Gasteiger partial charge in [-0.3, -0.25) is 0 Å². The van der Waals surface area contributed by atoms with Gasteiger partial charge in [0.2, 0.25) is 5.88 Å². The van der Waals surface area contributed by atoms with Gasteiger partial charge in [0.1, 0.15) is 12.1 Å². The zero-order valence-corrected chi connectivity index (χ0v) is 11.9. The summed E-state index contributed by atoms with van der Waals surface area (Å²) in [6.45, 7) is 0. The molecule has 20 heavy (non-hydrogen) atoms. The minimum absolute atomic E-state index is 0.690. The molecule has 4 nitrogen and oxygen atoms in total. The van der Waals surface area contributed by atoms with Gasteiger partial charge in [-0.2, -0.15) is 11.8 Å². The van der Waals surface area contributed by atoms with Crippen LogP contribution >= 0.6 is 11.8 Å². The van der Waals surface area contributed by atoms with Crippen LogP contribution in [0.5, 0.6) is 11.6 Å². The predicted molar refractivity (Wildman–Crippen MR) is 80.0 cm³/mol. The van der Waals surface area contributed by atoms with Crippen molar-refractivity contribution >= 4 is 22.7 Å². The van der Waals surface area contributed by atoms with Crippen molar-refractivity contribution in [3.05, 3.63) is 48.0 Å². The molecule has 0 spiro atoms. The van der Waals surface area contributed by atoms with Crippen LogP contribution in [0, 0.1) is 0 Å². The molecule has 0 saturated heterocycles. The van der Waals surface area contributed by atoms with E-state index in [0.29, 0.717) is 5.88 Å². The molecule has 100 valence electrons. The molecule has 0 amide bonds. The summed E-state index contributed by atoms with van der Waals surface area (Å²) in [6, 6.07) is 8.19. The topological polar surface area (TPSA) is 39.9 Å². The second-order valence-electron chi connectivity index (χ2n) is 4.85. The highest BCUT2D eigenvalue weighted by Crippen LogP contribution is 2.35. The Labute approximate surface area is 120 Å². The Bertz CT molecular complexity index is 797. The lowest BCUT2D eigenvalue weighted by molar-refractivity contribution is 0.457. The average molecular weight is 283 g/mol. The van der Waals surface area contributed by atoms with Crippen LogP contribution in [0.4, 0.5) is 0 Å². The number of nitrogens with zero attached hydrogens (tertiary/aromatic N) is 3. The summed E-state index contributed by atoms with van der Waals surface area (Å²) in [5.41, 5.74) is 3.42. The van der Waals surface area contributed by atoms with Crippen molar-refractivity contribution in [3.8, 4) is 11.6 Å². The molecule has 0 saturated carbocycles. The summed E-state index contributed by atoms with van der Waals surface area (Å²) in [6.07, 6.45) is 3.63. The van der Waals surface area contributed by atoms with Crippen molar-refractivity contribution in [2.45, 2.75) is 11.5 Å². The molecule has 5 heteroatoms. The maximum absolute atomic E-state index is 5.96. The van der Waals surface area contributed by atoms with Gasteiger partial charge in [-0.1, -0.05) is 0 Å². The number of hydrogen-bond acceptors (Lipinski definition) is 4. The van der Waals surface area contributed by atoms with Crippen molar-refractivity contribution in [1.29, 1.82) is 0 Å². The molecular formula is C15H13N3OS. The predicted octanol–water partition coefficient (Wildman–Crippen LogP) is 3.51. The van der Waals surface area contributed by atoms with Crippen molar-refractivity contribution < 1.29 is 4.74 Å². The van der Waals surface area contributed by atoms with Crippen molar-refractivity contribution in [2.75, 3.05) is 0 Å². The van der Waals surface area contributed by atoms with Gasteiger partial charge in [-0.05, 0) is 24.3 Å². The lowest BCUT2D eigenvalue weighted by atomic mass is 10.2. The van der Waals surface area contributed by atoms with E-state index in [4.69, 9.17) is 4.74 Å². The molecule has 2 aromatic heterocycles. The van der Waals surface area contributed by atoms with Crippen LogP contribution < -0.4 is 4.74 Å². The fourth-order valence-electron chi connectivity index (χ4n) is 2.47. The van der Waals surface area contributed by atoms with Crippen LogP contribution in [0.3, 0.4) is 0 Å².